The fraction of sp³-hybridized carbons (Fsp3) is 0.0857. The van der Waals surface area contributed by atoms with Crippen LogP contribution in [0.15, 0.2) is 187 Å². The summed E-state index contributed by atoms with van der Waals surface area (Å²) in [4.78, 5) is 4.49. The maximum absolute atomic E-state index is 4.29. The van der Waals surface area contributed by atoms with Crippen molar-refractivity contribution in [3.8, 4) is 0 Å². The predicted molar refractivity (Wildman–Crippen MR) is 169 cm³/mol. The third kappa shape index (κ3) is 5.01. The number of para-hydroxylation sites is 1. The Labute approximate surface area is 229 Å². The van der Waals surface area contributed by atoms with Crippen molar-refractivity contribution in [1.82, 2.24) is 4.90 Å². The van der Waals surface area contributed by atoms with Crippen LogP contribution in [-0.4, -0.2) is 11.6 Å². The van der Waals surface area contributed by atoms with Crippen molar-refractivity contribution >= 4 is 12.4 Å². The first-order chi connectivity index (χ1) is 18.6. The Morgan fingerprint density at radius 3 is 1.87 bits per heavy atom. The molecule has 0 amide bonds. The molecule has 2 nitrogen and oxygen atoms in total. The molecular formula is C35H37BN2. The molecule has 0 N–H and O–H groups in total. The molecule has 3 heteroatoms. The van der Waals surface area contributed by atoms with E-state index in [0.29, 0.717) is 0 Å². The van der Waals surface area contributed by atoms with Crippen LogP contribution < -0.4 is 4.90 Å². The minimum Gasteiger partial charge on any atom is -0.312 e. The number of allylic oxidation sites excluding steroid dienone is 16. The van der Waals surface area contributed by atoms with Crippen LogP contribution in [-0.2, 0) is 0 Å². The third-order valence-corrected chi connectivity index (χ3v) is 6.54. The van der Waals surface area contributed by atoms with Gasteiger partial charge in [0.05, 0.1) is 0 Å². The molecule has 0 aliphatic carbocycles. The molecule has 0 bridgehead atoms. The van der Waals surface area contributed by atoms with Crippen molar-refractivity contribution < 1.29 is 0 Å². The van der Waals surface area contributed by atoms with Crippen molar-refractivity contribution in [1.29, 1.82) is 0 Å². The van der Waals surface area contributed by atoms with Gasteiger partial charge in [0.15, 0.2) is 0 Å². The molecule has 1 aromatic rings. The normalized spacial score (nSPS) is 17.8. The lowest BCUT2D eigenvalue weighted by atomic mass is 9.31. The lowest BCUT2D eigenvalue weighted by Crippen LogP contribution is -2.44. The van der Waals surface area contributed by atoms with E-state index in [1.807, 2.05) is 57.2 Å². The van der Waals surface area contributed by atoms with E-state index < -0.39 is 0 Å². The SMILES string of the molecule is C=C/C=C\C(=C/C)N1C(C=C)=C(/C=C\C)B2C(/C=C\C)=C(C=C)N(c3ccccc3)C(C=C)=C2/C1=C\C=C. The zero-order chi connectivity index (χ0) is 27.7. The van der Waals surface area contributed by atoms with Crippen molar-refractivity contribution in [2.45, 2.75) is 20.8 Å². The minimum atomic E-state index is -0.0692. The Bertz CT molecular complexity index is 1370. The molecule has 1 aromatic carbocycles. The largest absolute Gasteiger partial charge is 0.312 e. The Balaban J connectivity index is 2.62. The van der Waals surface area contributed by atoms with E-state index in [9.17, 15) is 0 Å². The summed E-state index contributed by atoms with van der Waals surface area (Å²) in [6.07, 6.45) is 26.2. The zero-order valence-corrected chi connectivity index (χ0v) is 22.9. The lowest BCUT2D eigenvalue weighted by Gasteiger charge is -2.46. The number of anilines is 1. The lowest BCUT2D eigenvalue weighted by molar-refractivity contribution is 0.564. The fourth-order valence-electron chi connectivity index (χ4n) is 5.18. The molecule has 0 spiro atoms. The molecule has 0 saturated carbocycles. The molecule has 0 fully saturated rings. The second-order valence-corrected chi connectivity index (χ2v) is 8.63. The van der Waals surface area contributed by atoms with Crippen LogP contribution in [0.2, 0.25) is 0 Å². The Morgan fingerprint density at radius 2 is 1.37 bits per heavy atom. The van der Waals surface area contributed by atoms with Crippen LogP contribution in [0.4, 0.5) is 5.69 Å². The van der Waals surface area contributed by atoms with Crippen LogP contribution >= 0.6 is 0 Å². The van der Waals surface area contributed by atoms with Gasteiger partial charge in [-0.2, -0.15) is 0 Å². The monoisotopic (exact) mass is 496 g/mol. The van der Waals surface area contributed by atoms with Gasteiger partial charge < -0.3 is 9.80 Å². The van der Waals surface area contributed by atoms with Gasteiger partial charge in [-0.05, 0) is 79.7 Å². The third-order valence-electron chi connectivity index (χ3n) is 6.54. The highest BCUT2D eigenvalue weighted by Crippen LogP contribution is 2.47. The number of hydrogen-bond donors (Lipinski definition) is 0. The first-order valence-corrected chi connectivity index (χ1v) is 12.9. The van der Waals surface area contributed by atoms with E-state index in [1.54, 1.807) is 6.08 Å². The number of benzene rings is 1. The van der Waals surface area contributed by atoms with E-state index in [4.69, 9.17) is 0 Å². The number of hydrogen-bond acceptors (Lipinski definition) is 2. The molecule has 0 radical (unpaired) electrons. The summed E-state index contributed by atoms with van der Waals surface area (Å²) in [7, 11) is 0. The second-order valence-electron chi connectivity index (χ2n) is 8.63. The molecule has 0 unspecified atom stereocenters. The Kier molecular flexibility index (Phi) is 9.73. The average molecular weight is 497 g/mol. The standard InChI is InChI=1S/C35H37BN2/c1-9-17-24-27(13-5)37-31(14-6)29(21-10-2)36-30(22-11-3)32(15-7)38(28-25-19-18-20-26-28)33(16-8)35(36)34(37)23-12-4/h9-26H,1,4,6-8H2,2-3,5H3/b21-10-,22-11-,24-17-,27-13+,34-23+. The van der Waals surface area contributed by atoms with Crippen LogP contribution in [0, 0.1) is 0 Å². The number of fused-ring (bicyclic) bond motifs is 1. The van der Waals surface area contributed by atoms with E-state index >= 15 is 0 Å². The molecule has 2 heterocycles. The summed E-state index contributed by atoms with van der Waals surface area (Å²) in [6, 6.07) is 10.4. The molecule has 0 aromatic heterocycles. The van der Waals surface area contributed by atoms with Gasteiger partial charge in [-0.15, -0.1) is 0 Å². The van der Waals surface area contributed by atoms with Crippen LogP contribution in [0.5, 0.6) is 0 Å². The summed E-state index contributed by atoms with van der Waals surface area (Å²) in [6.45, 7) is 26.8. The van der Waals surface area contributed by atoms with Crippen LogP contribution in [0.1, 0.15) is 20.8 Å². The molecule has 0 saturated heterocycles. The Morgan fingerprint density at radius 1 is 0.763 bits per heavy atom. The fourth-order valence-corrected chi connectivity index (χ4v) is 5.18. The zero-order valence-electron chi connectivity index (χ0n) is 22.9. The molecular weight excluding hydrogens is 459 g/mol. The van der Waals surface area contributed by atoms with Crippen LogP contribution in [0.3, 0.4) is 0 Å². The molecule has 0 atom stereocenters. The molecule has 2 aliphatic heterocycles. The van der Waals surface area contributed by atoms with Gasteiger partial charge in [0, 0.05) is 34.2 Å². The van der Waals surface area contributed by atoms with Gasteiger partial charge in [0.1, 0.15) is 0 Å². The Hall–Kier alpha value is -4.50. The maximum Gasteiger partial charge on any atom is 0.252 e. The number of nitrogens with zero attached hydrogens (tertiary/aromatic N) is 2. The first-order valence-electron chi connectivity index (χ1n) is 12.9. The average Bonchev–Trinajstić information content (AvgIpc) is 2.95. The molecule has 3 rings (SSSR count). The van der Waals surface area contributed by atoms with Crippen molar-refractivity contribution in [2.24, 2.45) is 0 Å². The highest BCUT2D eigenvalue weighted by molar-refractivity contribution is 6.84. The summed E-state index contributed by atoms with van der Waals surface area (Å²) in [5, 5.41) is 0. The minimum absolute atomic E-state index is 0.0692. The number of rotatable bonds is 10. The van der Waals surface area contributed by atoms with E-state index in [-0.39, 0.29) is 6.71 Å². The summed E-state index contributed by atoms with van der Waals surface area (Å²) in [5.41, 5.74) is 9.50. The van der Waals surface area contributed by atoms with E-state index in [0.717, 1.165) is 50.6 Å². The summed E-state index contributed by atoms with van der Waals surface area (Å²) in [5.74, 6) is 0. The van der Waals surface area contributed by atoms with Crippen LogP contribution in [0.25, 0.3) is 0 Å². The van der Waals surface area contributed by atoms with Gasteiger partial charge in [-0.1, -0.05) is 99.7 Å². The maximum atomic E-state index is 4.29. The van der Waals surface area contributed by atoms with E-state index in [2.05, 4.69) is 109 Å². The van der Waals surface area contributed by atoms with Gasteiger partial charge in [-0.25, -0.2) is 0 Å². The van der Waals surface area contributed by atoms with Gasteiger partial charge >= 0.3 is 0 Å². The van der Waals surface area contributed by atoms with E-state index in [1.165, 1.54) is 0 Å². The molecule has 38 heavy (non-hydrogen) atoms. The summed E-state index contributed by atoms with van der Waals surface area (Å²) >= 11 is 0. The van der Waals surface area contributed by atoms with Crippen molar-refractivity contribution in [2.75, 3.05) is 4.90 Å². The van der Waals surface area contributed by atoms with Crippen molar-refractivity contribution in [3.05, 3.63) is 187 Å². The predicted octanol–water partition coefficient (Wildman–Crippen LogP) is 9.12. The van der Waals surface area contributed by atoms with Gasteiger partial charge in [0.2, 0.25) is 0 Å². The second kappa shape index (κ2) is 13.2. The van der Waals surface area contributed by atoms with Crippen molar-refractivity contribution in [3.63, 3.8) is 0 Å². The quantitative estimate of drug-likeness (QED) is 0.235. The van der Waals surface area contributed by atoms with Gasteiger partial charge in [0.25, 0.3) is 6.71 Å². The molecule has 190 valence electrons. The highest BCUT2D eigenvalue weighted by Gasteiger charge is 2.44. The summed E-state index contributed by atoms with van der Waals surface area (Å²) < 4.78 is 0. The first kappa shape index (κ1) is 28.1. The highest BCUT2D eigenvalue weighted by atomic mass is 15.2. The topological polar surface area (TPSA) is 6.48 Å². The smallest absolute Gasteiger partial charge is 0.252 e. The van der Waals surface area contributed by atoms with Gasteiger partial charge in [-0.3, -0.25) is 0 Å². The molecule has 2 aliphatic rings.